The molecule has 0 spiro atoms. The summed E-state index contributed by atoms with van der Waals surface area (Å²) in [7, 11) is 0. The lowest BCUT2D eigenvalue weighted by Gasteiger charge is -2.30. The van der Waals surface area contributed by atoms with Gasteiger partial charge in [-0.25, -0.2) is 0 Å². The average molecular weight is 586 g/mol. The lowest BCUT2D eigenvalue weighted by atomic mass is 9.83. The van der Waals surface area contributed by atoms with Crippen LogP contribution in [0.25, 0.3) is 88.4 Å². The molecular formula is C43H27N3. The molecule has 8 aromatic rings. The van der Waals surface area contributed by atoms with Gasteiger partial charge in [-0.05, 0) is 82.1 Å². The molecule has 10 rings (SSSR count). The van der Waals surface area contributed by atoms with Gasteiger partial charge in [-0.1, -0.05) is 97.1 Å². The van der Waals surface area contributed by atoms with Crippen LogP contribution in [-0.4, -0.2) is 14.1 Å². The van der Waals surface area contributed by atoms with E-state index in [-0.39, 0.29) is 0 Å². The van der Waals surface area contributed by atoms with Crippen LogP contribution in [0.5, 0.6) is 0 Å². The normalized spacial score (nSPS) is 11.9. The van der Waals surface area contributed by atoms with Crippen LogP contribution in [0.1, 0.15) is 0 Å². The molecule has 0 unspecified atom stereocenters. The van der Waals surface area contributed by atoms with E-state index in [4.69, 9.17) is 0 Å². The number of hydrogen-bond acceptors (Lipinski definition) is 1. The lowest BCUT2D eigenvalue weighted by molar-refractivity contribution is 1.14. The topological polar surface area (TPSA) is 22.8 Å². The summed E-state index contributed by atoms with van der Waals surface area (Å²) in [5.41, 5.74) is 14.4. The fourth-order valence-electron chi connectivity index (χ4n) is 7.70. The van der Waals surface area contributed by atoms with Crippen molar-refractivity contribution in [2.75, 3.05) is 0 Å². The van der Waals surface area contributed by atoms with Gasteiger partial charge >= 0.3 is 0 Å². The summed E-state index contributed by atoms with van der Waals surface area (Å²) >= 11 is 0. The maximum Gasteiger partial charge on any atom is 0.0554 e. The molecule has 1 aromatic heterocycles. The minimum absolute atomic E-state index is 1.11. The van der Waals surface area contributed by atoms with Gasteiger partial charge in [0.1, 0.15) is 0 Å². The smallest absolute Gasteiger partial charge is 0.0554 e. The molecule has 0 aliphatic carbocycles. The number of rotatable bonds is 4. The van der Waals surface area contributed by atoms with Gasteiger partial charge in [0, 0.05) is 51.2 Å². The highest BCUT2D eigenvalue weighted by Gasteiger charge is 2.29. The number of nitrogens with zero attached hydrogens (tertiary/aromatic N) is 3. The standard InChI is InChI=1S/C43H27N3/c1-4-13-28(14-5-1)34-25-38-42-40-32(34)20-10-22-36(40)46(31-18-8-3-9-19-31)39-26-35(29-15-12-24-44-27-29)33-21-11-23-37(41(33)43(39)42)45(38)30-16-6-2-7-17-30/h1-27H. The Morgan fingerprint density at radius 1 is 0.391 bits per heavy atom. The second-order valence-corrected chi connectivity index (χ2v) is 12.0. The van der Waals surface area contributed by atoms with Crippen molar-refractivity contribution < 1.29 is 0 Å². The molecule has 3 nitrogen and oxygen atoms in total. The van der Waals surface area contributed by atoms with Gasteiger partial charge < -0.3 is 9.13 Å². The summed E-state index contributed by atoms with van der Waals surface area (Å²) in [6.45, 7) is 0. The molecule has 3 heteroatoms. The summed E-state index contributed by atoms with van der Waals surface area (Å²) in [5.74, 6) is 0. The monoisotopic (exact) mass is 585 g/mol. The van der Waals surface area contributed by atoms with Gasteiger partial charge in [-0.2, -0.15) is 0 Å². The highest BCUT2D eigenvalue weighted by atomic mass is 15.0. The Bertz CT molecular complexity index is 2460. The molecule has 2 aliphatic rings. The summed E-state index contributed by atoms with van der Waals surface area (Å²) in [5, 5.41) is 5.02. The van der Waals surface area contributed by atoms with Crippen molar-refractivity contribution in [1.29, 1.82) is 0 Å². The molecule has 0 fully saturated rings. The van der Waals surface area contributed by atoms with E-state index in [1.807, 2.05) is 18.5 Å². The number of para-hydroxylation sites is 2. The first-order valence-electron chi connectivity index (χ1n) is 15.7. The summed E-state index contributed by atoms with van der Waals surface area (Å²) in [6.07, 6.45) is 3.83. The molecule has 0 N–H and O–H groups in total. The maximum atomic E-state index is 4.54. The second-order valence-electron chi connectivity index (χ2n) is 12.0. The van der Waals surface area contributed by atoms with E-state index in [2.05, 4.69) is 160 Å². The molecule has 0 saturated carbocycles. The number of benzene rings is 7. The van der Waals surface area contributed by atoms with Crippen LogP contribution < -0.4 is 0 Å². The Morgan fingerprint density at radius 2 is 0.870 bits per heavy atom. The van der Waals surface area contributed by atoms with Gasteiger partial charge in [0.05, 0.1) is 22.1 Å². The zero-order valence-corrected chi connectivity index (χ0v) is 24.9. The molecule has 0 saturated heterocycles. The first-order chi connectivity index (χ1) is 22.9. The van der Waals surface area contributed by atoms with Crippen LogP contribution in [0, 0.1) is 0 Å². The van der Waals surface area contributed by atoms with Gasteiger partial charge in [0.15, 0.2) is 0 Å². The number of aromatic nitrogens is 3. The summed E-state index contributed by atoms with van der Waals surface area (Å²) in [6, 6.07) is 55.0. The molecule has 0 radical (unpaired) electrons. The highest BCUT2D eigenvalue weighted by Crippen LogP contribution is 2.52. The fraction of sp³-hybridized carbons (Fsp3) is 0. The van der Waals surface area contributed by atoms with E-state index in [0.717, 1.165) is 16.9 Å². The summed E-state index contributed by atoms with van der Waals surface area (Å²) in [4.78, 5) is 4.54. The molecule has 0 bridgehead atoms. The third kappa shape index (κ3) is 3.45. The largest absolute Gasteiger partial charge is 0.309 e. The first-order valence-corrected chi connectivity index (χ1v) is 15.7. The van der Waals surface area contributed by atoms with Gasteiger partial charge in [-0.15, -0.1) is 0 Å². The third-order valence-corrected chi connectivity index (χ3v) is 9.54. The van der Waals surface area contributed by atoms with E-state index in [9.17, 15) is 0 Å². The number of hydrogen-bond donors (Lipinski definition) is 0. The molecule has 2 aliphatic heterocycles. The average Bonchev–Trinajstić information content (AvgIpc) is 3.13. The minimum Gasteiger partial charge on any atom is -0.309 e. The highest BCUT2D eigenvalue weighted by molar-refractivity contribution is 6.29. The Balaban J connectivity index is 1.55. The van der Waals surface area contributed by atoms with Crippen molar-refractivity contribution in [1.82, 2.24) is 14.1 Å². The number of pyridine rings is 3. The lowest BCUT2D eigenvalue weighted by Crippen LogP contribution is -2.11. The molecule has 214 valence electrons. The maximum absolute atomic E-state index is 4.54. The van der Waals surface area contributed by atoms with Crippen LogP contribution in [0.2, 0.25) is 0 Å². The molecular weight excluding hydrogens is 558 g/mol. The first kappa shape index (κ1) is 25.2. The Morgan fingerprint density at radius 3 is 1.37 bits per heavy atom. The zero-order valence-electron chi connectivity index (χ0n) is 24.9. The molecule has 3 heterocycles. The van der Waals surface area contributed by atoms with E-state index in [0.29, 0.717) is 0 Å². The van der Waals surface area contributed by atoms with Crippen LogP contribution in [0.3, 0.4) is 0 Å². The van der Waals surface area contributed by atoms with E-state index < -0.39 is 0 Å². The van der Waals surface area contributed by atoms with E-state index >= 15 is 0 Å². The predicted octanol–water partition coefficient (Wildman–Crippen LogP) is 11.2. The molecule has 46 heavy (non-hydrogen) atoms. The van der Waals surface area contributed by atoms with Crippen molar-refractivity contribution >= 4 is 43.6 Å². The zero-order chi connectivity index (χ0) is 30.2. The quantitative estimate of drug-likeness (QED) is 0.149. The van der Waals surface area contributed by atoms with Crippen molar-refractivity contribution in [2.45, 2.75) is 0 Å². The van der Waals surface area contributed by atoms with Crippen LogP contribution >= 0.6 is 0 Å². The van der Waals surface area contributed by atoms with Crippen molar-refractivity contribution in [3.05, 3.63) is 164 Å². The Labute approximate surface area is 265 Å². The Hall–Kier alpha value is -6.19. The van der Waals surface area contributed by atoms with Crippen molar-refractivity contribution in [2.24, 2.45) is 0 Å². The van der Waals surface area contributed by atoms with Crippen LogP contribution in [-0.2, 0) is 0 Å². The van der Waals surface area contributed by atoms with Crippen LogP contribution in [0.4, 0.5) is 0 Å². The summed E-state index contributed by atoms with van der Waals surface area (Å²) < 4.78 is 4.94. The van der Waals surface area contributed by atoms with E-state index in [1.54, 1.807) is 0 Å². The second kappa shape index (κ2) is 9.65. The molecule has 0 amide bonds. The van der Waals surface area contributed by atoms with Crippen molar-refractivity contribution in [3.8, 4) is 44.8 Å². The molecule has 0 atom stereocenters. The van der Waals surface area contributed by atoms with Crippen LogP contribution in [0.15, 0.2) is 164 Å². The molecule has 7 aromatic carbocycles. The van der Waals surface area contributed by atoms with Gasteiger partial charge in [-0.3, -0.25) is 4.98 Å². The van der Waals surface area contributed by atoms with Gasteiger partial charge in [0.2, 0.25) is 0 Å². The predicted molar refractivity (Wildman–Crippen MR) is 192 cm³/mol. The third-order valence-electron chi connectivity index (χ3n) is 9.54. The van der Waals surface area contributed by atoms with E-state index in [1.165, 1.54) is 71.4 Å². The fourth-order valence-corrected chi connectivity index (χ4v) is 7.70. The van der Waals surface area contributed by atoms with Crippen molar-refractivity contribution in [3.63, 3.8) is 0 Å². The Kier molecular flexibility index (Phi) is 5.28. The SMILES string of the molecule is c1ccc(-c2cc3c4c5c2cccc5n(-c2ccccc2)c2cc(-c5cccnc5)c5cccc(c5c2-4)n3-c2ccccc2)cc1. The van der Waals surface area contributed by atoms with Gasteiger partial charge in [0.25, 0.3) is 0 Å². The minimum atomic E-state index is 1.11.